The molecular formula is C19H27NO2. The van der Waals surface area contributed by atoms with Gasteiger partial charge in [0.05, 0.1) is 12.2 Å². The van der Waals surface area contributed by atoms with E-state index in [-0.39, 0.29) is 16.9 Å². The minimum Gasteiger partial charge on any atom is -0.402 e. The van der Waals surface area contributed by atoms with E-state index in [1.54, 1.807) is 0 Å². The number of nitrogens with two attached hydrogens (primary N) is 1. The first-order valence-electron chi connectivity index (χ1n) is 8.59. The van der Waals surface area contributed by atoms with Crippen molar-refractivity contribution in [2.75, 3.05) is 0 Å². The Morgan fingerprint density at radius 1 is 1.23 bits per heavy atom. The second-order valence-electron chi connectivity index (χ2n) is 8.24. The molecule has 0 saturated heterocycles. The number of rotatable bonds is 0. The molecule has 120 valence electrons. The van der Waals surface area contributed by atoms with Crippen molar-refractivity contribution in [2.24, 2.45) is 34.3 Å². The lowest BCUT2D eigenvalue weighted by atomic mass is 9.47. The monoisotopic (exact) mass is 301 g/mol. The topological polar surface area (TPSA) is 66.5 Å². The maximum absolute atomic E-state index is 10.9. The number of allylic oxidation sites excluding steroid dienone is 3. The van der Waals surface area contributed by atoms with Gasteiger partial charge in [-0.1, -0.05) is 43.7 Å². The van der Waals surface area contributed by atoms with Crippen LogP contribution in [0.3, 0.4) is 0 Å². The highest BCUT2D eigenvalue weighted by atomic mass is 16.3. The van der Waals surface area contributed by atoms with Crippen LogP contribution >= 0.6 is 0 Å². The molecular weight excluding hydrogens is 274 g/mol. The maximum atomic E-state index is 10.9. The molecule has 4 N–H and O–H groups in total. The number of hydrogen-bond donors (Lipinski definition) is 3. The van der Waals surface area contributed by atoms with Gasteiger partial charge in [0.2, 0.25) is 0 Å². The molecule has 4 aliphatic rings. The first kappa shape index (κ1) is 14.5. The molecule has 0 amide bonds. The molecule has 2 fully saturated rings. The van der Waals surface area contributed by atoms with Crippen LogP contribution in [-0.4, -0.2) is 22.4 Å². The predicted octanol–water partition coefficient (Wildman–Crippen LogP) is 2.51. The van der Waals surface area contributed by atoms with E-state index < -0.39 is 6.10 Å². The van der Waals surface area contributed by atoms with E-state index in [4.69, 9.17) is 5.73 Å². The van der Waals surface area contributed by atoms with Gasteiger partial charge in [0, 0.05) is 16.5 Å². The molecule has 0 bridgehead atoms. The fraction of sp³-hybridized carbons (Fsp3) is 0.684. The van der Waals surface area contributed by atoms with Crippen LogP contribution in [0.1, 0.15) is 39.5 Å². The molecule has 0 aromatic carbocycles. The molecule has 0 radical (unpaired) electrons. The van der Waals surface area contributed by atoms with Crippen LogP contribution in [0, 0.1) is 28.6 Å². The summed E-state index contributed by atoms with van der Waals surface area (Å²) >= 11 is 0. The van der Waals surface area contributed by atoms with E-state index in [1.165, 1.54) is 5.57 Å². The van der Waals surface area contributed by atoms with E-state index in [9.17, 15) is 10.2 Å². The predicted molar refractivity (Wildman–Crippen MR) is 86.7 cm³/mol. The molecule has 2 unspecified atom stereocenters. The van der Waals surface area contributed by atoms with Crippen molar-refractivity contribution in [3.63, 3.8) is 0 Å². The van der Waals surface area contributed by atoms with Crippen LogP contribution in [0.15, 0.2) is 35.6 Å². The van der Waals surface area contributed by atoms with Crippen molar-refractivity contribution in [1.82, 2.24) is 0 Å². The van der Waals surface area contributed by atoms with Crippen molar-refractivity contribution >= 4 is 0 Å². The van der Waals surface area contributed by atoms with Gasteiger partial charge in [0.1, 0.15) is 0 Å². The van der Waals surface area contributed by atoms with Gasteiger partial charge in [-0.25, -0.2) is 0 Å². The van der Waals surface area contributed by atoms with Gasteiger partial charge >= 0.3 is 0 Å². The standard InChI is InChI=1S/C19H27NO2/c1-18-7-5-12(21)9-11(18)10-15(22)17-13-3-4-16(20)19(13,2)8-6-14(17)18/h4-5,7,9,12-15,17,21-22H,3,6,8,10,20H2,1-2H3/t12?,13-,14+,15?,17-,18-,19-/m0/s1. The second-order valence-corrected chi connectivity index (χ2v) is 8.24. The Labute approximate surface area is 132 Å². The van der Waals surface area contributed by atoms with Gasteiger partial charge in [-0.05, 0) is 43.4 Å². The third-order valence-corrected chi connectivity index (χ3v) is 7.32. The van der Waals surface area contributed by atoms with E-state index in [0.29, 0.717) is 24.2 Å². The average Bonchev–Trinajstić information content (AvgIpc) is 2.77. The Morgan fingerprint density at radius 2 is 2.00 bits per heavy atom. The zero-order valence-corrected chi connectivity index (χ0v) is 13.5. The van der Waals surface area contributed by atoms with Crippen molar-refractivity contribution in [3.05, 3.63) is 35.6 Å². The smallest absolute Gasteiger partial charge is 0.0905 e. The minimum absolute atomic E-state index is 0.0121. The Kier molecular flexibility index (Phi) is 2.96. The fourth-order valence-electron chi connectivity index (χ4n) is 5.89. The summed E-state index contributed by atoms with van der Waals surface area (Å²) in [6.07, 6.45) is 11.3. The number of aliphatic hydroxyl groups excluding tert-OH is 2. The molecule has 22 heavy (non-hydrogen) atoms. The highest BCUT2D eigenvalue weighted by Gasteiger charge is 2.58. The van der Waals surface area contributed by atoms with Gasteiger partial charge in [0.25, 0.3) is 0 Å². The Morgan fingerprint density at radius 3 is 2.77 bits per heavy atom. The van der Waals surface area contributed by atoms with Crippen LogP contribution in [-0.2, 0) is 0 Å². The zero-order valence-electron chi connectivity index (χ0n) is 13.5. The normalized spacial score (nSPS) is 53.2. The largest absolute Gasteiger partial charge is 0.402 e. The molecule has 4 rings (SSSR count). The molecule has 0 aromatic rings. The van der Waals surface area contributed by atoms with Gasteiger partial charge in [0.15, 0.2) is 0 Å². The number of aliphatic hydroxyl groups is 2. The van der Waals surface area contributed by atoms with Crippen LogP contribution < -0.4 is 5.73 Å². The summed E-state index contributed by atoms with van der Waals surface area (Å²) in [4.78, 5) is 0. The second kappa shape index (κ2) is 4.48. The molecule has 2 saturated carbocycles. The third kappa shape index (κ3) is 1.70. The lowest BCUT2D eigenvalue weighted by Gasteiger charge is -2.58. The lowest BCUT2D eigenvalue weighted by Crippen LogP contribution is -2.54. The van der Waals surface area contributed by atoms with Gasteiger partial charge < -0.3 is 15.9 Å². The third-order valence-electron chi connectivity index (χ3n) is 7.32. The summed E-state index contributed by atoms with van der Waals surface area (Å²) in [6, 6.07) is 0. The molecule has 0 aromatic heterocycles. The molecule has 0 aliphatic heterocycles. The summed E-state index contributed by atoms with van der Waals surface area (Å²) in [5, 5.41) is 20.8. The molecule has 0 spiro atoms. The van der Waals surface area contributed by atoms with Crippen LogP contribution in [0.4, 0.5) is 0 Å². The first-order valence-corrected chi connectivity index (χ1v) is 8.59. The van der Waals surface area contributed by atoms with Crippen molar-refractivity contribution in [1.29, 1.82) is 0 Å². The van der Waals surface area contributed by atoms with Crippen LogP contribution in [0.25, 0.3) is 0 Å². The zero-order chi connectivity index (χ0) is 15.7. The van der Waals surface area contributed by atoms with Crippen LogP contribution in [0.5, 0.6) is 0 Å². The summed E-state index contributed by atoms with van der Waals surface area (Å²) in [5.41, 5.74) is 8.60. The molecule has 0 heterocycles. The minimum atomic E-state index is -0.496. The highest BCUT2D eigenvalue weighted by molar-refractivity contribution is 5.36. The SMILES string of the molecule is C[C@]12C=CC(O)C=C1CC(O)[C@@H]1[C@H]2CC[C@]2(C)C(N)=CC[C@@H]12. The Bertz CT molecular complexity index is 592. The summed E-state index contributed by atoms with van der Waals surface area (Å²) in [6.45, 7) is 4.58. The van der Waals surface area contributed by atoms with E-state index in [2.05, 4.69) is 26.0 Å². The fourth-order valence-corrected chi connectivity index (χ4v) is 5.89. The van der Waals surface area contributed by atoms with Crippen LogP contribution in [0.2, 0.25) is 0 Å². The molecule has 7 atom stereocenters. The van der Waals surface area contributed by atoms with Crippen molar-refractivity contribution < 1.29 is 10.2 Å². The Hall–Kier alpha value is -1.06. The summed E-state index contributed by atoms with van der Waals surface area (Å²) < 4.78 is 0. The van der Waals surface area contributed by atoms with Crippen molar-refractivity contribution in [2.45, 2.75) is 51.7 Å². The summed E-state index contributed by atoms with van der Waals surface area (Å²) in [5.74, 6) is 1.21. The number of hydrogen-bond acceptors (Lipinski definition) is 3. The Balaban J connectivity index is 1.74. The first-order chi connectivity index (χ1) is 10.4. The average molecular weight is 301 g/mol. The van der Waals surface area contributed by atoms with E-state index >= 15 is 0 Å². The molecule has 4 aliphatic carbocycles. The van der Waals surface area contributed by atoms with E-state index in [0.717, 1.165) is 25.0 Å². The van der Waals surface area contributed by atoms with E-state index in [1.807, 2.05) is 12.2 Å². The summed E-state index contributed by atoms with van der Waals surface area (Å²) in [7, 11) is 0. The van der Waals surface area contributed by atoms with Gasteiger partial charge in [-0.15, -0.1) is 0 Å². The lowest BCUT2D eigenvalue weighted by molar-refractivity contribution is -0.0807. The van der Waals surface area contributed by atoms with Gasteiger partial charge in [-0.2, -0.15) is 0 Å². The number of fused-ring (bicyclic) bond motifs is 5. The maximum Gasteiger partial charge on any atom is 0.0905 e. The quantitative estimate of drug-likeness (QED) is 0.602. The molecule has 3 nitrogen and oxygen atoms in total. The molecule has 3 heteroatoms. The van der Waals surface area contributed by atoms with Crippen molar-refractivity contribution in [3.8, 4) is 0 Å². The van der Waals surface area contributed by atoms with Gasteiger partial charge in [-0.3, -0.25) is 0 Å². The highest BCUT2D eigenvalue weighted by Crippen LogP contribution is 2.63.